The highest BCUT2D eigenvalue weighted by Gasteiger charge is 2.42. The van der Waals surface area contributed by atoms with Crippen molar-refractivity contribution in [3.8, 4) is 5.69 Å². The molecule has 1 unspecified atom stereocenters. The summed E-state index contributed by atoms with van der Waals surface area (Å²) in [4.78, 5) is 48.8. The van der Waals surface area contributed by atoms with Crippen molar-refractivity contribution in [2.24, 2.45) is 5.73 Å². The number of aromatic nitrogens is 2. The number of amides is 1. The van der Waals surface area contributed by atoms with E-state index in [0.717, 1.165) is 4.68 Å². The van der Waals surface area contributed by atoms with Crippen molar-refractivity contribution >= 4 is 29.3 Å². The standard InChI is InChI=1S/C30H38F3N5O6.ClH/c1-17(39)43-21(16-38(2,3)4)15-26(41)44-20-11-8-18(9-12-20)35-23-14-19(10-13-22(23)29(34)42)37-24-6-5-7-25(40)27(24)28(36-37)30(31,32)33;/h10,13-14,18,20-21H,5-9,11-12,15-16H2,1-4H3,(H2-,34,35,42);1H/t18-,20-,21?;. The van der Waals surface area contributed by atoms with Gasteiger partial charge in [0, 0.05) is 25.1 Å². The van der Waals surface area contributed by atoms with Crippen molar-refractivity contribution in [3.05, 3.63) is 40.7 Å². The van der Waals surface area contributed by atoms with Gasteiger partial charge in [0.25, 0.3) is 5.91 Å². The van der Waals surface area contributed by atoms with Crippen molar-refractivity contribution in [2.45, 2.75) is 82.7 Å². The molecule has 2 aliphatic carbocycles. The van der Waals surface area contributed by atoms with Gasteiger partial charge in [-0.3, -0.25) is 19.2 Å². The number of carbonyl (C=O) groups is 4. The zero-order valence-corrected chi connectivity index (χ0v) is 26.5. The van der Waals surface area contributed by atoms with Gasteiger partial charge in [0.2, 0.25) is 0 Å². The minimum absolute atomic E-state index is 0. The van der Waals surface area contributed by atoms with Gasteiger partial charge < -0.3 is 37.4 Å². The number of hydrogen-bond acceptors (Lipinski definition) is 8. The molecule has 1 aromatic carbocycles. The van der Waals surface area contributed by atoms with Crippen LogP contribution in [0.4, 0.5) is 18.9 Å². The molecule has 0 saturated heterocycles. The number of likely N-dealkylation sites (N-methyl/N-ethyl adjacent to an activating group) is 1. The fourth-order valence-corrected chi connectivity index (χ4v) is 5.88. The van der Waals surface area contributed by atoms with Gasteiger partial charge in [0.05, 0.1) is 50.1 Å². The number of ketones is 1. The normalized spacial score (nSPS) is 19.1. The molecular formula is C30H39ClF3N5O6. The summed E-state index contributed by atoms with van der Waals surface area (Å²) < 4.78 is 53.9. The number of ether oxygens (including phenoxy) is 2. The van der Waals surface area contributed by atoms with Gasteiger partial charge in [-0.2, -0.15) is 18.3 Å². The van der Waals surface area contributed by atoms with Gasteiger partial charge >= 0.3 is 18.1 Å². The number of fused-ring (bicyclic) bond motifs is 1. The van der Waals surface area contributed by atoms with Gasteiger partial charge in [-0.25, -0.2) is 4.68 Å². The average Bonchev–Trinajstić information content (AvgIpc) is 3.30. The summed E-state index contributed by atoms with van der Waals surface area (Å²) in [6.45, 7) is 1.74. The maximum atomic E-state index is 13.8. The molecule has 1 fully saturated rings. The molecule has 1 atom stereocenters. The minimum atomic E-state index is -4.80. The molecule has 1 aromatic heterocycles. The molecule has 4 rings (SSSR count). The van der Waals surface area contributed by atoms with Crippen LogP contribution < -0.4 is 23.5 Å². The lowest BCUT2D eigenvalue weighted by molar-refractivity contribution is -0.873. The highest BCUT2D eigenvalue weighted by atomic mass is 35.5. The van der Waals surface area contributed by atoms with E-state index in [0.29, 0.717) is 48.8 Å². The van der Waals surface area contributed by atoms with Gasteiger partial charge in [0.1, 0.15) is 12.6 Å². The Balaban J connectivity index is 0.00000552. The van der Waals surface area contributed by atoms with Crippen molar-refractivity contribution in [1.29, 1.82) is 0 Å². The maximum absolute atomic E-state index is 13.8. The number of benzene rings is 1. The Labute approximate surface area is 265 Å². The van der Waals surface area contributed by atoms with E-state index < -0.39 is 47.2 Å². The monoisotopic (exact) mass is 657 g/mol. The van der Waals surface area contributed by atoms with E-state index in [2.05, 4.69) is 10.4 Å². The Morgan fingerprint density at radius 2 is 1.80 bits per heavy atom. The lowest BCUT2D eigenvalue weighted by Crippen LogP contribution is -3.00. The molecule has 0 radical (unpaired) electrons. The van der Waals surface area contributed by atoms with E-state index in [9.17, 15) is 32.3 Å². The maximum Gasteiger partial charge on any atom is 0.435 e. The largest absolute Gasteiger partial charge is 1.00 e. The first-order chi connectivity index (χ1) is 20.5. The molecule has 248 valence electrons. The number of nitrogens with two attached hydrogens (primary N) is 1. The number of Topliss-reactive ketones (excluding diaryl/α,β-unsaturated/α-hetero) is 1. The molecule has 0 aliphatic heterocycles. The van der Waals surface area contributed by atoms with E-state index in [4.69, 9.17) is 15.2 Å². The molecule has 15 heteroatoms. The Morgan fingerprint density at radius 3 is 2.38 bits per heavy atom. The van der Waals surface area contributed by atoms with Gasteiger partial charge in [0.15, 0.2) is 17.6 Å². The number of halogens is 4. The Bertz CT molecular complexity index is 1430. The Morgan fingerprint density at radius 1 is 1.13 bits per heavy atom. The van der Waals surface area contributed by atoms with Gasteiger partial charge in [-0.05, 0) is 56.7 Å². The fraction of sp³-hybridized carbons (Fsp3) is 0.567. The number of anilines is 1. The van der Waals surface area contributed by atoms with Gasteiger partial charge in [-0.15, -0.1) is 0 Å². The molecule has 2 aromatic rings. The first kappa shape index (κ1) is 35.8. The van der Waals surface area contributed by atoms with Crippen LogP contribution in [0.3, 0.4) is 0 Å². The molecule has 1 amide bonds. The third-order valence-electron chi connectivity index (χ3n) is 7.67. The lowest BCUT2D eigenvalue weighted by Gasteiger charge is -2.31. The number of rotatable bonds is 10. The number of nitrogens with one attached hydrogen (secondary N) is 1. The lowest BCUT2D eigenvalue weighted by atomic mass is 9.92. The smallest absolute Gasteiger partial charge is 0.435 e. The Hall–Kier alpha value is -3.65. The van der Waals surface area contributed by atoms with Crippen molar-refractivity contribution in [3.63, 3.8) is 0 Å². The number of quaternary nitrogens is 1. The van der Waals surface area contributed by atoms with Crippen LogP contribution in [0.25, 0.3) is 5.69 Å². The van der Waals surface area contributed by atoms with Crippen LogP contribution in [0.5, 0.6) is 0 Å². The van der Waals surface area contributed by atoms with Crippen molar-refractivity contribution < 1.29 is 58.7 Å². The first-order valence-corrected chi connectivity index (χ1v) is 14.6. The third kappa shape index (κ3) is 9.19. The van der Waals surface area contributed by atoms with Crippen LogP contribution >= 0.6 is 0 Å². The number of hydrogen-bond donors (Lipinski definition) is 2. The number of esters is 2. The zero-order chi connectivity index (χ0) is 32.4. The van der Waals surface area contributed by atoms with Crippen LogP contribution in [0.15, 0.2) is 18.2 Å². The second-order valence-corrected chi connectivity index (χ2v) is 12.5. The molecule has 3 N–H and O–H groups in total. The average molecular weight is 658 g/mol. The number of carbonyl (C=O) groups excluding carboxylic acids is 4. The summed E-state index contributed by atoms with van der Waals surface area (Å²) in [5.41, 5.74) is 4.92. The molecule has 45 heavy (non-hydrogen) atoms. The highest BCUT2D eigenvalue weighted by molar-refractivity contribution is 6.00. The molecular weight excluding hydrogens is 619 g/mol. The summed E-state index contributed by atoms with van der Waals surface area (Å²) in [5, 5.41) is 7.08. The van der Waals surface area contributed by atoms with Crippen LogP contribution in [-0.4, -0.2) is 83.8 Å². The van der Waals surface area contributed by atoms with Crippen LogP contribution in [0, 0.1) is 0 Å². The Kier molecular flexibility index (Phi) is 11.3. The van der Waals surface area contributed by atoms with E-state index in [-0.39, 0.29) is 60.8 Å². The second-order valence-electron chi connectivity index (χ2n) is 12.5. The topological polar surface area (TPSA) is 143 Å². The minimum Gasteiger partial charge on any atom is -1.00 e. The quantitative estimate of drug-likeness (QED) is 0.282. The van der Waals surface area contributed by atoms with Crippen molar-refractivity contribution in [1.82, 2.24) is 9.78 Å². The van der Waals surface area contributed by atoms with E-state index in [1.54, 1.807) is 0 Å². The molecule has 1 saturated carbocycles. The highest BCUT2D eigenvalue weighted by Crippen LogP contribution is 2.37. The molecule has 2 aliphatic rings. The summed E-state index contributed by atoms with van der Waals surface area (Å²) in [6.07, 6.45) is -2.88. The van der Waals surface area contributed by atoms with Crippen molar-refractivity contribution in [2.75, 3.05) is 33.0 Å². The zero-order valence-electron chi connectivity index (χ0n) is 25.7. The summed E-state index contributed by atoms with van der Waals surface area (Å²) in [6, 6.07) is 4.26. The van der Waals surface area contributed by atoms with Gasteiger partial charge in [-0.1, -0.05) is 0 Å². The number of alkyl halides is 3. The predicted molar refractivity (Wildman–Crippen MR) is 153 cm³/mol. The number of nitrogens with zero attached hydrogens (tertiary/aromatic N) is 3. The molecule has 11 nitrogen and oxygen atoms in total. The third-order valence-corrected chi connectivity index (χ3v) is 7.67. The van der Waals surface area contributed by atoms with Crippen LogP contribution in [0.1, 0.15) is 84.0 Å². The molecule has 0 bridgehead atoms. The second kappa shape index (κ2) is 14.2. The van der Waals surface area contributed by atoms with Crippen LogP contribution in [-0.2, 0) is 31.7 Å². The summed E-state index contributed by atoms with van der Waals surface area (Å²) >= 11 is 0. The fourth-order valence-electron chi connectivity index (χ4n) is 5.88. The summed E-state index contributed by atoms with van der Waals surface area (Å²) in [7, 11) is 5.79. The van der Waals surface area contributed by atoms with E-state index in [1.165, 1.54) is 25.1 Å². The van der Waals surface area contributed by atoms with E-state index in [1.807, 2.05) is 21.1 Å². The SMILES string of the molecule is CC(=O)OC(CC(=O)O[C@H]1CC[C@H](Nc2cc(-n3nc(C(F)(F)F)c4c3CCCC4=O)ccc2C(N)=O)CC1)C[N+](C)(C)C.[Cl-]. The predicted octanol–water partition coefficient (Wildman–Crippen LogP) is 0.807. The first-order valence-electron chi connectivity index (χ1n) is 14.6. The summed E-state index contributed by atoms with van der Waals surface area (Å²) in [5.74, 6) is -2.23. The molecule has 1 heterocycles. The van der Waals surface area contributed by atoms with Crippen LogP contribution in [0.2, 0.25) is 0 Å². The number of primary amides is 1. The van der Waals surface area contributed by atoms with E-state index >= 15 is 0 Å². The molecule has 0 spiro atoms.